The lowest BCUT2D eigenvalue weighted by Gasteiger charge is -2.11. The fourth-order valence-electron chi connectivity index (χ4n) is 1.71. The third-order valence-corrected chi connectivity index (χ3v) is 3.64. The van der Waals surface area contributed by atoms with E-state index in [0.717, 1.165) is 5.56 Å². The van der Waals surface area contributed by atoms with Gasteiger partial charge in [0, 0.05) is 5.69 Å². The first-order valence-electron chi connectivity index (χ1n) is 5.91. The zero-order valence-corrected chi connectivity index (χ0v) is 12.0. The zero-order chi connectivity index (χ0) is 14.5. The monoisotopic (exact) mass is 333 g/mol. The molecule has 0 aliphatic heterocycles. The second kappa shape index (κ2) is 6.34. The zero-order valence-electron chi connectivity index (χ0n) is 10.4. The first-order valence-corrected chi connectivity index (χ1v) is 6.83. The number of carbonyl (C=O) groups is 2. The largest absolute Gasteiger partial charge is 0.478 e. The first kappa shape index (κ1) is 14.3. The molecule has 2 aromatic rings. The van der Waals surface area contributed by atoms with Crippen LogP contribution in [-0.4, -0.2) is 17.0 Å². The smallest absolute Gasteiger partial charge is 0.335 e. The molecule has 1 unspecified atom stereocenters. The van der Waals surface area contributed by atoms with Crippen molar-refractivity contribution in [1.82, 2.24) is 0 Å². The van der Waals surface area contributed by atoms with Crippen molar-refractivity contribution >= 4 is 33.5 Å². The Kier molecular flexibility index (Phi) is 4.53. The predicted octanol–water partition coefficient (Wildman–Crippen LogP) is 3.46. The second-order valence-corrected chi connectivity index (χ2v) is 5.06. The maximum absolute atomic E-state index is 12.1. The van der Waals surface area contributed by atoms with Crippen LogP contribution in [0.4, 0.5) is 5.69 Å². The number of benzene rings is 2. The van der Waals surface area contributed by atoms with Gasteiger partial charge in [-0.15, -0.1) is 0 Å². The van der Waals surface area contributed by atoms with Gasteiger partial charge in [0.2, 0.25) is 5.91 Å². The number of carboxylic acid groups (broad SMARTS) is 1. The summed E-state index contributed by atoms with van der Waals surface area (Å²) in [6, 6.07) is 15.4. The van der Waals surface area contributed by atoms with Gasteiger partial charge in [-0.05, 0) is 23.8 Å². The van der Waals surface area contributed by atoms with Crippen molar-refractivity contribution in [1.29, 1.82) is 0 Å². The van der Waals surface area contributed by atoms with Gasteiger partial charge in [0.05, 0.1) is 5.56 Å². The van der Waals surface area contributed by atoms with Crippen LogP contribution in [0.15, 0.2) is 54.6 Å². The van der Waals surface area contributed by atoms with Gasteiger partial charge in [0.15, 0.2) is 0 Å². The van der Waals surface area contributed by atoms with Crippen LogP contribution < -0.4 is 5.32 Å². The second-order valence-electron chi connectivity index (χ2n) is 4.15. The van der Waals surface area contributed by atoms with Crippen LogP contribution >= 0.6 is 15.9 Å². The summed E-state index contributed by atoms with van der Waals surface area (Å²) in [5, 5.41) is 11.6. The maximum Gasteiger partial charge on any atom is 0.335 e. The topological polar surface area (TPSA) is 66.4 Å². The summed E-state index contributed by atoms with van der Waals surface area (Å²) >= 11 is 3.33. The summed E-state index contributed by atoms with van der Waals surface area (Å²) in [4.78, 5) is 22.5. The molecule has 0 bridgehead atoms. The van der Waals surface area contributed by atoms with Crippen molar-refractivity contribution in [2.75, 3.05) is 5.32 Å². The average molecular weight is 334 g/mol. The summed E-state index contributed by atoms with van der Waals surface area (Å²) < 4.78 is 0. The Bertz CT molecular complexity index is 628. The highest BCUT2D eigenvalue weighted by Crippen LogP contribution is 2.24. The molecule has 0 radical (unpaired) electrons. The van der Waals surface area contributed by atoms with Crippen molar-refractivity contribution < 1.29 is 14.7 Å². The molecule has 5 heteroatoms. The SMILES string of the molecule is O=C(O)c1cccc(NC(=O)C(Br)c2ccccc2)c1. The summed E-state index contributed by atoms with van der Waals surface area (Å²) in [6.45, 7) is 0. The van der Waals surface area contributed by atoms with Crippen LogP contribution in [0.25, 0.3) is 0 Å². The number of halogens is 1. The fraction of sp³-hybridized carbons (Fsp3) is 0.0667. The van der Waals surface area contributed by atoms with Crippen LogP contribution in [0.5, 0.6) is 0 Å². The van der Waals surface area contributed by atoms with Gasteiger partial charge in [-0.25, -0.2) is 4.79 Å². The van der Waals surface area contributed by atoms with Gasteiger partial charge in [-0.2, -0.15) is 0 Å². The Hall–Kier alpha value is -2.14. The molecule has 0 fully saturated rings. The van der Waals surface area contributed by atoms with Crippen molar-refractivity contribution in [2.24, 2.45) is 0 Å². The Morgan fingerprint density at radius 1 is 1.05 bits per heavy atom. The van der Waals surface area contributed by atoms with Gasteiger partial charge in [0.25, 0.3) is 0 Å². The van der Waals surface area contributed by atoms with E-state index in [0.29, 0.717) is 5.69 Å². The Balaban J connectivity index is 2.12. The summed E-state index contributed by atoms with van der Waals surface area (Å²) in [7, 11) is 0. The molecule has 2 rings (SSSR count). The Labute approximate surface area is 124 Å². The number of aromatic carboxylic acids is 1. The van der Waals surface area contributed by atoms with Gasteiger partial charge < -0.3 is 10.4 Å². The lowest BCUT2D eigenvalue weighted by molar-refractivity contribution is -0.115. The van der Waals surface area contributed by atoms with E-state index >= 15 is 0 Å². The van der Waals surface area contributed by atoms with Crippen LogP contribution in [-0.2, 0) is 4.79 Å². The van der Waals surface area contributed by atoms with Gasteiger partial charge in [-0.3, -0.25) is 4.79 Å². The van der Waals surface area contributed by atoms with Crippen LogP contribution in [0.2, 0.25) is 0 Å². The molecule has 4 nitrogen and oxygen atoms in total. The standard InChI is InChI=1S/C15H12BrNO3/c16-13(10-5-2-1-3-6-10)14(18)17-12-8-4-7-11(9-12)15(19)20/h1-9,13H,(H,17,18)(H,19,20). The molecule has 0 aromatic heterocycles. The predicted molar refractivity (Wildman–Crippen MR) is 80.1 cm³/mol. The molecule has 1 atom stereocenters. The number of amides is 1. The fourth-order valence-corrected chi connectivity index (χ4v) is 2.13. The van der Waals surface area contributed by atoms with E-state index in [1.54, 1.807) is 12.1 Å². The molecular formula is C15H12BrNO3. The molecule has 0 saturated heterocycles. The molecule has 0 aliphatic carbocycles. The van der Waals surface area contributed by atoms with E-state index in [1.807, 2.05) is 30.3 Å². The van der Waals surface area contributed by atoms with E-state index in [-0.39, 0.29) is 11.5 Å². The molecule has 0 saturated carbocycles. The summed E-state index contributed by atoms with van der Waals surface area (Å²) in [5.74, 6) is -1.28. The molecular weight excluding hydrogens is 322 g/mol. The lowest BCUT2D eigenvalue weighted by Crippen LogP contribution is -2.17. The van der Waals surface area contributed by atoms with Crippen LogP contribution in [0, 0.1) is 0 Å². The molecule has 20 heavy (non-hydrogen) atoms. The third kappa shape index (κ3) is 3.45. The van der Waals surface area contributed by atoms with E-state index in [4.69, 9.17) is 5.11 Å². The van der Waals surface area contributed by atoms with Crippen molar-refractivity contribution in [3.8, 4) is 0 Å². The number of hydrogen-bond donors (Lipinski definition) is 2. The highest BCUT2D eigenvalue weighted by molar-refractivity contribution is 9.09. The normalized spacial score (nSPS) is 11.7. The number of anilines is 1. The molecule has 0 spiro atoms. The highest BCUT2D eigenvalue weighted by Gasteiger charge is 2.17. The van der Waals surface area contributed by atoms with Crippen molar-refractivity contribution in [3.63, 3.8) is 0 Å². The molecule has 102 valence electrons. The van der Waals surface area contributed by atoms with Crippen LogP contribution in [0.1, 0.15) is 20.7 Å². The van der Waals surface area contributed by atoms with Gasteiger partial charge in [-0.1, -0.05) is 52.3 Å². The maximum atomic E-state index is 12.1. The minimum absolute atomic E-state index is 0.133. The van der Waals surface area contributed by atoms with Crippen molar-refractivity contribution in [2.45, 2.75) is 4.83 Å². The molecule has 2 N–H and O–H groups in total. The molecule has 0 aliphatic rings. The Morgan fingerprint density at radius 3 is 2.40 bits per heavy atom. The number of alkyl halides is 1. The van der Waals surface area contributed by atoms with E-state index in [9.17, 15) is 9.59 Å². The Morgan fingerprint density at radius 2 is 1.75 bits per heavy atom. The quantitative estimate of drug-likeness (QED) is 0.842. The number of rotatable bonds is 4. The third-order valence-electron chi connectivity index (χ3n) is 2.70. The lowest BCUT2D eigenvalue weighted by atomic mass is 10.1. The van der Waals surface area contributed by atoms with Crippen LogP contribution in [0.3, 0.4) is 0 Å². The van der Waals surface area contributed by atoms with Gasteiger partial charge in [0.1, 0.15) is 4.83 Å². The molecule has 0 heterocycles. The first-order chi connectivity index (χ1) is 9.58. The molecule has 2 aromatic carbocycles. The van der Waals surface area contributed by atoms with E-state index < -0.39 is 10.8 Å². The minimum atomic E-state index is -1.03. The van der Waals surface area contributed by atoms with E-state index in [2.05, 4.69) is 21.2 Å². The van der Waals surface area contributed by atoms with Crippen molar-refractivity contribution in [3.05, 3.63) is 65.7 Å². The number of nitrogens with one attached hydrogen (secondary N) is 1. The number of carbonyl (C=O) groups excluding carboxylic acids is 1. The number of hydrogen-bond acceptors (Lipinski definition) is 2. The average Bonchev–Trinajstić information content (AvgIpc) is 2.47. The highest BCUT2D eigenvalue weighted by atomic mass is 79.9. The minimum Gasteiger partial charge on any atom is -0.478 e. The van der Waals surface area contributed by atoms with E-state index in [1.165, 1.54) is 12.1 Å². The van der Waals surface area contributed by atoms with Gasteiger partial charge >= 0.3 is 5.97 Å². The number of carboxylic acids is 1. The summed E-state index contributed by atoms with van der Waals surface area (Å²) in [5.41, 5.74) is 1.42. The summed E-state index contributed by atoms with van der Waals surface area (Å²) in [6.07, 6.45) is 0. The molecule has 1 amide bonds.